The van der Waals surface area contributed by atoms with Crippen LogP contribution in [0.25, 0.3) is 0 Å². The lowest BCUT2D eigenvalue weighted by Gasteiger charge is -2.33. The molecule has 3 nitrogen and oxygen atoms in total. The minimum atomic E-state index is -0.115. The number of benzene rings is 1. The number of rotatable bonds is 4. The predicted molar refractivity (Wildman–Crippen MR) is 88.9 cm³/mol. The Bertz CT molecular complexity index is 478. The molecule has 1 aliphatic heterocycles. The Hall–Kier alpha value is -1.48. The van der Waals surface area contributed by atoms with Crippen molar-refractivity contribution in [2.24, 2.45) is 5.92 Å². The summed E-state index contributed by atoms with van der Waals surface area (Å²) in [6.45, 7) is 2.95. The van der Waals surface area contributed by atoms with Gasteiger partial charge in [0.05, 0.1) is 17.5 Å². The highest BCUT2D eigenvalue weighted by Crippen LogP contribution is 2.29. The molecule has 0 amide bonds. The Balaban J connectivity index is 1.63. The number of hydrogen-bond donors (Lipinski definition) is 2. The summed E-state index contributed by atoms with van der Waals surface area (Å²) in [4.78, 5) is 2.40. The summed E-state index contributed by atoms with van der Waals surface area (Å²) in [5.41, 5.74) is 2.53. The molecule has 1 aromatic rings. The van der Waals surface area contributed by atoms with Crippen molar-refractivity contribution in [2.75, 3.05) is 29.9 Å². The van der Waals surface area contributed by atoms with Gasteiger partial charge in [0.15, 0.2) is 0 Å². The fourth-order valence-corrected chi connectivity index (χ4v) is 3.30. The summed E-state index contributed by atoms with van der Waals surface area (Å²) in [5.74, 6) is 0.756. The normalized spacial score (nSPS) is 23.3. The molecule has 0 aromatic heterocycles. The van der Waals surface area contributed by atoms with Crippen molar-refractivity contribution in [1.82, 2.24) is 0 Å². The molecule has 0 spiro atoms. The SMILES string of the molecule is OC1CCN(c2ccccc2NCC2CC=CCC2)CC1. The van der Waals surface area contributed by atoms with Crippen LogP contribution in [0.3, 0.4) is 0 Å². The van der Waals surface area contributed by atoms with Gasteiger partial charge < -0.3 is 15.3 Å². The van der Waals surface area contributed by atoms with Gasteiger partial charge in [-0.1, -0.05) is 24.3 Å². The van der Waals surface area contributed by atoms with E-state index in [1.54, 1.807) is 0 Å². The van der Waals surface area contributed by atoms with Crippen LogP contribution in [-0.2, 0) is 0 Å². The van der Waals surface area contributed by atoms with Crippen LogP contribution >= 0.6 is 0 Å². The first kappa shape index (κ1) is 14.5. The van der Waals surface area contributed by atoms with Gasteiger partial charge >= 0.3 is 0 Å². The van der Waals surface area contributed by atoms with E-state index in [-0.39, 0.29) is 6.10 Å². The maximum absolute atomic E-state index is 9.67. The maximum Gasteiger partial charge on any atom is 0.0602 e. The van der Waals surface area contributed by atoms with Crippen LogP contribution in [0, 0.1) is 5.92 Å². The summed E-state index contributed by atoms with van der Waals surface area (Å²) >= 11 is 0. The third-order valence-corrected chi connectivity index (χ3v) is 4.67. The largest absolute Gasteiger partial charge is 0.393 e. The number of anilines is 2. The molecule has 0 bridgehead atoms. The Morgan fingerprint density at radius 3 is 2.67 bits per heavy atom. The number of allylic oxidation sites excluding steroid dienone is 2. The number of para-hydroxylation sites is 2. The number of aliphatic hydroxyl groups excluding tert-OH is 1. The molecule has 2 N–H and O–H groups in total. The van der Waals surface area contributed by atoms with Crippen molar-refractivity contribution in [2.45, 2.75) is 38.2 Å². The van der Waals surface area contributed by atoms with Crippen molar-refractivity contribution in [3.63, 3.8) is 0 Å². The zero-order valence-corrected chi connectivity index (χ0v) is 12.7. The van der Waals surface area contributed by atoms with E-state index in [4.69, 9.17) is 0 Å². The lowest BCUT2D eigenvalue weighted by molar-refractivity contribution is 0.145. The minimum absolute atomic E-state index is 0.115. The Morgan fingerprint density at radius 1 is 1.10 bits per heavy atom. The molecule has 1 aliphatic carbocycles. The smallest absolute Gasteiger partial charge is 0.0602 e. The highest BCUT2D eigenvalue weighted by Gasteiger charge is 2.19. The van der Waals surface area contributed by atoms with Gasteiger partial charge in [-0.3, -0.25) is 0 Å². The summed E-state index contributed by atoms with van der Waals surface area (Å²) in [5, 5.41) is 13.3. The molecular formula is C18H26N2O. The zero-order chi connectivity index (χ0) is 14.5. The third-order valence-electron chi connectivity index (χ3n) is 4.67. The number of nitrogens with one attached hydrogen (secondary N) is 1. The molecule has 1 heterocycles. The van der Waals surface area contributed by atoms with Crippen LogP contribution in [0.1, 0.15) is 32.1 Å². The van der Waals surface area contributed by atoms with Gasteiger partial charge in [-0.15, -0.1) is 0 Å². The van der Waals surface area contributed by atoms with Crippen molar-refractivity contribution in [3.05, 3.63) is 36.4 Å². The minimum Gasteiger partial charge on any atom is -0.393 e. The van der Waals surface area contributed by atoms with E-state index in [2.05, 4.69) is 46.6 Å². The van der Waals surface area contributed by atoms with E-state index < -0.39 is 0 Å². The van der Waals surface area contributed by atoms with Crippen molar-refractivity contribution in [3.8, 4) is 0 Å². The van der Waals surface area contributed by atoms with Gasteiger partial charge in [0.25, 0.3) is 0 Å². The first-order valence-corrected chi connectivity index (χ1v) is 8.24. The van der Waals surface area contributed by atoms with Crippen LogP contribution < -0.4 is 10.2 Å². The lowest BCUT2D eigenvalue weighted by Crippen LogP contribution is -2.36. The van der Waals surface area contributed by atoms with Crippen LogP contribution in [0.5, 0.6) is 0 Å². The van der Waals surface area contributed by atoms with Crippen molar-refractivity contribution in [1.29, 1.82) is 0 Å². The number of aliphatic hydroxyl groups is 1. The third kappa shape index (κ3) is 3.79. The molecule has 1 saturated heterocycles. The van der Waals surface area contributed by atoms with Gasteiger partial charge in [-0.2, -0.15) is 0 Å². The molecule has 2 aliphatic rings. The van der Waals surface area contributed by atoms with Gasteiger partial charge in [-0.05, 0) is 50.2 Å². The molecule has 3 heteroatoms. The van der Waals surface area contributed by atoms with Crippen LogP contribution in [0.2, 0.25) is 0 Å². The first-order chi connectivity index (χ1) is 10.3. The average molecular weight is 286 g/mol. The first-order valence-electron chi connectivity index (χ1n) is 8.24. The second-order valence-corrected chi connectivity index (χ2v) is 6.27. The Kier molecular flexibility index (Phi) is 4.81. The molecule has 0 radical (unpaired) electrons. The zero-order valence-electron chi connectivity index (χ0n) is 12.7. The molecule has 0 saturated carbocycles. The number of hydrogen-bond acceptors (Lipinski definition) is 3. The molecule has 21 heavy (non-hydrogen) atoms. The van der Waals surface area contributed by atoms with Crippen LogP contribution in [-0.4, -0.2) is 30.8 Å². The van der Waals surface area contributed by atoms with Crippen LogP contribution in [0.15, 0.2) is 36.4 Å². The average Bonchev–Trinajstić information content (AvgIpc) is 2.55. The van der Waals surface area contributed by atoms with Gasteiger partial charge in [0.1, 0.15) is 0 Å². The maximum atomic E-state index is 9.67. The van der Waals surface area contributed by atoms with E-state index in [1.165, 1.54) is 30.6 Å². The molecular weight excluding hydrogens is 260 g/mol. The van der Waals surface area contributed by atoms with E-state index >= 15 is 0 Å². The highest BCUT2D eigenvalue weighted by atomic mass is 16.3. The Morgan fingerprint density at radius 2 is 1.90 bits per heavy atom. The standard InChI is InChI=1S/C18H26N2O/c21-16-10-12-20(13-11-16)18-9-5-4-8-17(18)19-14-15-6-2-1-3-7-15/h1-2,4-5,8-9,15-16,19,21H,3,6-7,10-14H2. The lowest BCUT2D eigenvalue weighted by atomic mass is 9.94. The Labute approximate surface area is 127 Å². The van der Waals surface area contributed by atoms with E-state index in [0.29, 0.717) is 0 Å². The van der Waals surface area contributed by atoms with E-state index in [9.17, 15) is 5.11 Å². The molecule has 3 rings (SSSR count). The van der Waals surface area contributed by atoms with E-state index in [1.807, 2.05) is 0 Å². The van der Waals surface area contributed by atoms with Crippen molar-refractivity contribution < 1.29 is 5.11 Å². The predicted octanol–water partition coefficient (Wildman–Crippen LogP) is 3.42. The summed E-state index contributed by atoms with van der Waals surface area (Å²) < 4.78 is 0. The molecule has 114 valence electrons. The van der Waals surface area contributed by atoms with Gasteiger partial charge in [0, 0.05) is 19.6 Å². The van der Waals surface area contributed by atoms with E-state index in [0.717, 1.165) is 38.4 Å². The monoisotopic (exact) mass is 286 g/mol. The number of nitrogens with zero attached hydrogens (tertiary/aromatic N) is 1. The molecule has 1 unspecified atom stereocenters. The fraction of sp³-hybridized carbons (Fsp3) is 0.556. The molecule has 1 aromatic carbocycles. The second kappa shape index (κ2) is 6.99. The van der Waals surface area contributed by atoms with Crippen LogP contribution in [0.4, 0.5) is 11.4 Å². The fourth-order valence-electron chi connectivity index (χ4n) is 3.30. The molecule has 1 atom stereocenters. The topological polar surface area (TPSA) is 35.5 Å². The second-order valence-electron chi connectivity index (χ2n) is 6.27. The molecule has 1 fully saturated rings. The summed E-state index contributed by atoms with van der Waals surface area (Å²) in [6.07, 6.45) is 9.96. The van der Waals surface area contributed by atoms with Gasteiger partial charge in [-0.25, -0.2) is 0 Å². The highest BCUT2D eigenvalue weighted by molar-refractivity contribution is 5.70. The summed E-state index contributed by atoms with van der Waals surface area (Å²) in [6, 6.07) is 8.58. The van der Waals surface area contributed by atoms with Crippen molar-refractivity contribution >= 4 is 11.4 Å². The summed E-state index contributed by atoms with van der Waals surface area (Å²) in [7, 11) is 0. The number of piperidine rings is 1. The van der Waals surface area contributed by atoms with Gasteiger partial charge in [0.2, 0.25) is 0 Å². The quantitative estimate of drug-likeness (QED) is 0.833.